The summed E-state index contributed by atoms with van der Waals surface area (Å²) in [5.74, 6) is -0.300. The molecule has 2 aromatic carbocycles. The van der Waals surface area contributed by atoms with E-state index in [1.54, 1.807) is 55.5 Å². The number of nitrogen functional groups attached to an aromatic ring is 1. The van der Waals surface area contributed by atoms with E-state index < -0.39 is 20.5 Å². The van der Waals surface area contributed by atoms with E-state index in [1.807, 2.05) is 29.6 Å². The second kappa shape index (κ2) is 12.5. The Balaban J connectivity index is 1.50. The number of hydrogen-bond donors (Lipinski definition) is 3. The Morgan fingerprint density at radius 1 is 1.06 bits per heavy atom. The van der Waals surface area contributed by atoms with Crippen molar-refractivity contribution in [3.63, 3.8) is 0 Å². The van der Waals surface area contributed by atoms with Crippen LogP contribution < -0.4 is 16.4 Å². The minimum absolute atomic E-state index is 0.174. The highest BCUT2D eigenvalue weighted by Crippen LogP contribution is 2.47. The standard InChI is InChI=1S/C24H28N3O6PS/c1-3-32-34(30,4-2)33-16-31-24(29)26-15-17-7-9-18(10-8-17)23(28)27-21-14-19(11-12-20(21)25)22-6-5-13-35-22/h5-14H,3-4,15-16,25H2,1-2H3,(H,26,29)(H,27,28). The first-order chi connectivity index (χ1) is 16.8. The zero-order chi connectivity index (χ0) is 25.3. The number of hydrogen-bond acceptors (Lipinski definition) is 8. The van der Waals surface area contributed by atoms with Gasteiger partial charge >= 0.3 is 13.7 Å². The van der Waals surface area contributed by atoms with Crippen LogP contribution in [0.3, 0.4) is 0 Å². The maximum Gasteiger partial charge on any atom is 0.409 e. The van der Waals surface area contributed by atoms with Crippen molar-refractivity contribution in [3.8, 4) is 10.4 Å². The summed E-state index contributed by atoms with van der Waals surface area (Å²) < 4.78 is 27.2. The van der Waals surface area contributed by atoms with E-state index in [2.05, 4.69) is 10.6 Å². The van der Waals surface area contributed by atoms with Crippen molar-refractivity contribution in [2.45, 2.75) is 20.4 Å². The highest BCUT2D eigenvalue weighted by molar-refractivity contribution is 7.53. The molecule has 0 saturated heterocycles. The van der Waals surface area contributed by atoms with Crippen molar-refractivity contribution in [2.24, 2.45) is 0 Å². The van der Waals surface area contributed by atoms with Crippen molar-refractivity contribution >= 4 is 42.3 Å². The summed E-state index contributed by atoms with van der Waals surface area (Å²) in [5, 5.41) is 7.40. The van der Waals surface area contributed by atoms with Crippen LogP contribution in [-0.4, -0.2) is 31.6 Å². The van der Waals surface area contributed by atoms with E-state index in [0.717, 1.165) is 16.0 Å². The van der Waals surface area contributed by atoms with Crippen molar-refractivity contribution in [3.05, 3.63) is 71.1 Å². The smallest absolute Gasteiger partial charge is 0.409 e. The Morgan fingerprint density at radius 3 is 2.49 bits per heavy atom. The molecule has 1 unspecified atom stereocenters. The number of thiophene rings is 1. The Hall–Kier alpha value is -3.17. The lowest BCUT2D eigenvalue weighted by Crippen LogP contribution is -2.24. The number of amides is 2. The maximum atomic E-state index is 12.7. The van der Waals surface area contributed by atoms with Gasteiger partial charge in [-0.05, 0) is 53.8 Å². The minimum Gasteiger partial charge on any atom is -0.422 e. The van der Waals surface area contributed by atoms with Crippen molar-refractivity contribution < 1.29 is 27.9 Å². The maximum absolute atomic E-state index is 12.7. The van der Waals surface area contributed by atoms with Gasteiger partial charge in [0.05, 0.1) is 18.0 Å². The summed E-state index contributed by atoms with van der Waals surface area (Å²) in [6, 6.07) is 16.2. The van der Waals surface area contributed by atoms with Gasteiger partial charge in [0, 0.05) is 23.1 Å². The third-order valence-corrected chi connectivity index (χ3v) is 7.76. The Kier molecular flexibility index (Phi) is 9.45. The predicted octanol–water partition coefficient (Wildman–Crippen LogP) is 5.70. The Morgan fingerprint density at radius 2 is 1.83 bits per heavy atom. The number of nitrogens with two attached hydrogens (primary N) is 1. The van der Waals surface area contributed by atoms with E-state index in [1.165, 1.54) is 0 Å². The van der Waals surface area contributed by atoms with Gasteiger partial charge in [-0.25, -0.2) is 4.79 Å². The van der Waals surface area contributed by atoms with Crippen LogP contribution in [0.4, 0.5) is 16.2 Å². The molecule has 4 N–H and O–H groups in total. The lowest BCUT2D eigenvalue weighted by molar-refractivity contribution is 0.0476. The Labute approximate surface area is 208 Å². The fourth-order valence-electron chi connectivity index (χ4n) is 3.03. The lowest BCUT2D eigenvalue weighted by atomic mass is 10.1. The van der Waals surface area contributed by atoms with E-state index in [-0.39, 0.29) is 25.2 Å². The first kappa shape index (κ1) is 26.4. The third kappa shape index (κ3) is 7.66. The van der Waals surface area contributed by atoms with Crippen molar-refractivity contribution in [2.75, 3.05) is 30.6 Å². The molecule has 0 spiro atoms. The van der Waals surface area contributed by atoms with Crippen LogP contribution in [0.1, 0.15) is 29.8 Å². The number of nitrogens with one attached hydrogen (secondary N) is 2. The summed E-state index contributed by atoms with van der Waals surface area (Å²) >= 11 is 1.60. The molecule has 1 aromatic heterocycles. The summed E-state index contributed by atoms with van der Waals surface area (Å²) in [6.45, 7) is 3.30. The summed E-state index contributed by atoms with van der Waals surface area (Å²) in [4.78, 5) is 25.6. The van der Waals surface area contributed by atoms with Gasteiger partial charge in [0.15, 0.2) is 0 Å². The van der Waals surface area contributed by atoms with Crippen molar-refractivity contribution in [1.82, 2.24) is 5.32 Å². The fraction of sp³-hybridized carbons (Fsp3) is 0.250. The van der Waals surface area contributed by atoms with Crippen LogP contribution in [0.2, 0.25) is 0 Å². The van der Waals surface area contributed by atoms with Gasteiger partial charge in [0.2, 0.25) is 6.79 Å². The molecule has 2 amide bonds. The molecule has 3 aromatic rings. The molecule has 1 atom stereocenters. The monoisotopic (exact) mass is 517 g/mol. The van der Waals surface area contributed by atoms with Crippen LogP contribution in [0.15, 0.2) is 60.0 Å². The van der Waals surface area contributed by atoms with Crippen LogP contribution >= 0.6 is 18.9 Å². The normalized spacial score (nSPS) is 12.5. The number of carbonyl (C=O) groups excluding carboxylic acids is 2. The number of rotatable bonds is 11. The SMILES string of the molecule is CCOP(=O)(CC)OCOC(=O)NCc1ccc(C(=O)Nc2cc(-c3cccs3)ccc2N)cc1. The van der Waals surface area contributed by atoms with Crippen LogP contribution in [0.5, 0.6) is 0 Å². The molecule has 0 bridgehead atoms. The highest BCUT2D eigenvalue weighted by atomic mass is 32.1. The molecule has 186 valence electrons. The predicted molar refractivity (Wildman–Crippen MR) is 138 cm³/mol. The fourth-order valence-corrected chi connectivity index (χ4v) is 4.80. The molecule has 0 radical (unpaired) electrons. The largest absolute Gasteiger partial charge is 0.422 e. The first-order valence-corrected chi connectivity index (χ1v) is 13.6. The molecule has 1 heterocycles. The van der Waals surface area contributed by atoms with Gasteiger partial charge in [-0.2, -0.15) is 0 Å². The molecule has 0 aliphatic rings. The van der Waals surface area contributed by atoms with Gasteiger partial charge in [-0.1, -0.05) is 31.2 Å². The second-order valence-electron chi connectivity index (χ2n) is 7.31. The number of carbonyl (C=O) groups is 2. The number of alkyl carbamates (subject to hydrolysis) is 1. The number of benzene rings is 2. The summed E-state index contributed by atoms with van der Waals surface area (Å²) in [5.41, 5.74) is 9.22. The number of anilines is 2. The average molecular weight is 518 g/mol. The van der Waals surface area contributed by atoms with Gasteiger partial charge in [0.25, 0.3) is 5.91 Å². The summed E-state index contributed by atoms with van der Waals surface area (Å²) in [6.07, 6.45) is -0.551. The second-order valence-corrected chi connectivity index (χ2v) is 10.6. The zero-order valence-electron chi connectivity index (χ0n) is 19.5. The average Bonchev–Trinajstić information content (AvgIpc) is 3.39. The molecular weight excluding hydrogens is 489 g/mol. The van der Waals surface area contributed by atoms with E-state index in [4.69, 9.17) is 19.5 Å². The molecule has 11 heteroatoms. The van der Waals surface area contributed by atoms with Crippen LogP contribution in [-0.2, 0) is 24.9 Å². The Bertz CT molecular complexity index is 1180. The van der Waals surface area contributed by atoms with Crippen LogP contribution in [0.25, 0.3) is 10.4 Å². The zero-order valence-corrected chi connectivity index (χ0v) is 21.2. The van der Waals surface area contributed by atoms with Gasteiger partial charge in [0.1, 0.15) is 0 Å². The highest BCUT2D eigenvalue weighted by Gasteiger charge is 2.21. The molecular formula is C24H28N3O6PS. The third-order valence-electron chi connectivity index (χ3n) is 4.91. The quantitative estimate of drug-likeness (QED) is 0.169. The lowest BCUT2D eigenvalue weighted by Gasteiger charge is -2.15. The van der Waals surface area contributed by atoms with Crippen molar-refractivity contribution in [1.29, 1.82) is 0 Å². The van der Waals surface area contributed by atoms with E-state index in [0.29, 0.717) is 16.9 Å². The minimum atomic E-state index is -3.24. The topological polar surface area (TPSA) is 129 Å². The van der Waals surface area contributed by atoms with Crippen LogP contribution in [0, 0.1) is 0 Å². The number of ether oxygens (including phenoxy) is 1. The molecule has 9 nitrogen and oxygen atoms in total. The van der Waals surface area contributed by atoms with Gasteiger partial charge in [-0.3, -0.25) is 13.9 Å². The molecule has 35 heavy (non-hydrogen) atoms. The van der Waals surface area contributed by atoms with Gasteiger partial charge in [-0.15, -0.1) is 11.3 Å². The van der Waals surface area contributed by atoms with E-state index in [9.17, 15) is 14.2 Å². The molecule has 3 rings (SSSR count). The summed E-state index contributed by atoms with van der Waals surface area (Å²) in [7, 11) is -3.24. The first-order valence-electron chi connectivity index (χ1n) is 11.0. The van der Waals surface area contributed by atoms with Gasteiger partial charge < -0.3 is 25.6 Å². The molecule has 0 saturated carbocycles. The molecule has 0 aliphatic heterocycles. The molecule has 0 aliphatic carbocycles. The van der Waals surface area contributed by atoms with E-state index >= 15 is 0 Å². The molecule has 0 fully saturated rings.